The van der Waals surface area contributed by atoms with Crippen LogP contribution in [-0.4, -0.2) is 54.1 Å². The number of para-hydroxylation sites is 1. The van der Waals surface area contributed by atoms with Crippen molar-refractivity contribution in [3.63, 3.8) is 0 Å². The predicted octanol–water partition coefficient (Wildman–Crippen LogP) is 1.46. The number of hydrogen-bond acceptors (Lipinski definition) is 7. The lowest BCUT2D eigenvalue weighted by atomic mass is 9.94. The van der Waals surface area contributed by atoms with Crippen LogP contribution in [0.15, 0.2) is 53.9 Å². The number of aliphatic hydroxyl groups is 1. The highest BCUT2D eigenvalue weighted by Crippen LogP contribution is 2.32. The zero-order valence-corrected chi connectivity index (χ0v) is 16.4. The Balaban J connectivity index is 1.79. The van der Waals surface area contributed by atoms with E-state index in [2.05, 4.69) is 10.6 Å². The number of nitrogens with one attached hydrogen (secondary N) is 2. The zero-order chi connectivity index (χ0) is 21.1. The number of hydrogen-bond donors (Lipinski definition) is 4. The second-order valence-electron chi connectivity index (χ2n) is 6.78. The highest BCUT2D eigenvalue weighted by atomic mass is 16.5. The fraction of sp³-hybridized carbons (Fsp3) is 0.238. The summed E-state index contributed by atoms with van der Waals surface area (Å²) in [6.07, 6.45) is -1.26. The molecule has 2 aromatic rings. The van der Waals surface area contributed by atoms with Crippen molar-refractivity contribution < 1.29 is 24.5 Å². The lowest BCUT2D eigenvalue weighted by Gasteiger charge is -2.30. The van der Waals surface area contributed by atoms with Crippen LogP contribution in [0.5, 0.6) is 11.5 Å². The molecule has 29 heavy (non-hydrogen) atoms. The summed E-state index contributed by atoms with van der Waals surface area (Å²) >= 11 is 0. The minimum atomic E-state index is -1.26. The van der Waals surface area contributed by atoms with E-state index in [9.17, 15) is 19.8 Å². The van der Waals surface area contributed by atoms with Gasteiger partial charge in [0.05, 0.1) is 24.1 Å². The van der Waals surface area contributed by atoms with Gasteiger partial charge in [-0.3, -0.25) is 9.59 Å². The Bertz CT molecular complexity index is 967. The summed E-state index contributed by atoms with van der Waals surface area (Å²) in [5.41, 5.74) is 1.73. The number of phenols is 1. The standard InChI is InChI=1S/C21H23N3O5/c1-24(2)21(28)14-5-4-6-15(18(14)25)23-17-16(19(26)20(17)27)22-11-12-7-9-13(29-3)10-8-12/h4-10,19,22-23,25-26H,11H2,1-3H3. The van der Waals surface area contributed by atoms with Gasteiger partial charge in [-0.15, -0.1) is 0 Å². The van der Waals surface area contributed by atoms with Crippen LogP contribution in [-0.2, 0) is 11.3 Å². The van der Waals surface area contributed by atoms with Crippen molar-refractivity contribution in [2.45, 2.75) is 12.6 Å². The van der Waals surface area contributed by atoms with E-state index in [4.69, 9.17) is 4.74 Å². The minimum absolute atomic E-state index is 0.112. The van der Waals surface area contributed by atoms with Crippen LogP contribution in [0.3, 0.4) is 0 Å². The molecule has 1 unspecified atom stereocenters. The molecule has 1 atom stereocenters. The molecule has 152 valence electrons. The molecule has 8 nitrogen and oxygen atoms in total. The number of Topliss-reactive ketones (excluding diaryl/α,β-unsaturated/α-hetero) is 1. The molecule has 0 radical (unpaired) electrons. The number of benzene rings is 2. The third-order valence-corrected chi connectivity index (χ3v) is 4.61. The number of anilines is 1. The second-order valence-corrected chi connectivity index (χ2v) is 6.78. The lowest BCUT2D eigenvalue weighted by Crippen LogP contribution is -2.45. The fourth-order valence-electron chi connectivity index (χ4n) is 2.91. The van der Waals surface area contributed by atoms with Crippen molar-refractivity contribution in [2.75, 3.05) is 26.5 Å². The average Bonchev–Trinajstić information content (AvgIpc) is 2.73. The van der Waals surface area contributed by atoms with E-state index < -0.39 is 11.9 Å². The van der Waals surface area contributed by atoms with Gasteiger partial charge >= 0.3 is 0 Å². The van der Waals surface area contributed by atoms with Gasteiger partial charge < -0.3 is 30.5 Å². The normalized spacial score (nSPS) is 15.6. The van der Waals surface area contributed by atoms with Crippen molar-refractivity contribution in [3.05, 3.63) is 65.0 Å². The number of ether oxygens (including phenoxy) is 1. The zero-order valence-electron chi connectivity index (χ0n) is 16.4. The molecule has 0 saturated carbocycles. The second kappa shape index (κ2) is 8.24. The Kier molecular flexibility index (Phi) is 5.74. The Morgan fingerprint density at radius 2 is 1.86 bits per heavy atom. The first-order valence-corrected chi connectivity index (χ1v) is 8.97. The molecule has 0 aliphatic heterocycles. The number of amides is 1. The number of phenolic OH excluding ortho intramolecular Hbond substituents is 1. The Morgan fingerprint density at radius 3 is 2.48 bits per heavy atom. The van der Waals surface area contributed by atoms with Gasteiger partial charge in [0.2, 0.25) is 5.78 Å². The topological polar surface area (TPSA) is 111 Å². The molecule has 0 bridgehead atoms. The van der Waals surface area contributed by atoms with Gasteiger partial charge in [0.15, 0.2) is 11.9 Å². The molecule has 1 amide bonds. The Hall–Kier alpha value is -3.52. The molecule has 0 spiro atoms. The number of methoxy groups -OCH3 is 1. The third kappa shape index (κ3) is 4.02. The van der Waals surface area contributed by atoms with E-state index in [0.717, 1.165) is 11.3 Å². The third-order valence-electron chi connectivity index (χ3n) is 4.61. The van der Waals surface area contributed by atoms with Crippen molar-refractivity contribution >= 4 is 17.4 Å². The monoisotopic (exact) mass is 397 g/mol. The molecule has 2 aromatic carbocycles. The summed E-state index contributed by atoms with van der Waals surface area (Å²) in [5.74, 6) is -0.386. The number of ketones is 1. The van der Waals surface area contributed by atoms with Gasteiger partial charge in [-0.2, -0.15) is 0 Å². The molecule has 0 fully saturated rings. The maximum Gasteiger partial charge on any atom is 0.257 e. The molecule has 8 heteroatoms. The van der Waals surface area contributed by atoms with E-state index in [-0.39, 0.29) is 28.6 Å². The van der Waals surface area contributed by atoms with Crippen LogP contribution in [0.1, 0.15) is 15.9 Å². The number of carbonyl (C=O) groups is 2. The van der Waals surface area contributed by atoms with Crippen LogP contribution < -0.4 is 15.4 Å². The first-order chi connectivity index (χ1) is 13.8. The summed E-state index contributed by atoms with van der Waals surface area (Å²) in [6.45, 7) is 0.389. The van der Waals surface area contributed by atoms with Crippen molar-refractivity contribution in [1.82, 2.24) is 10.2 Å². The number of aromatic hydroxyl groups is 1. The molecule has 3 rings (SSSR count). The summed E-state index contributed by atoms with van der Waals surface area (Å²) in [7, 11) is 4.75. The molecule has 0 aromatic heterocycles. The fourth-order valence-corrected chi connectivity index (χ4v) is 2.91. The Labute approximate surface area is 168 Å². The van der Waals surface area contributed by atoms with Gasteiger partial charge in [-0.1, -0.05) is 18.2 Å². The van der Waals surface area contributed by atoms with Gasteiger partial charge in [-0.05, 0) is 29.8 Å². The largest absolute Gasteiger partial charge is 0.505 e. The van der Waals surface area contributed by atoms with Gasteiger partial charge in [-0.25, -0.2) is 0 Å². The molecule has 4 N–H and O–H groups in total. The quantitative estimate of drug-likeness (QED) is 0.524. The summed E-state index contributed by atoms with van der Waals surface area (Å²) in [5, 5.41) is 26.3. The molecular weight excluding hydrogens is 374 g/mol. The molecule has 0 saturated heterocycles. The first-order valence-electron chi connectivity index (χ1n) is 8.97. The maximum atomic E-state index is 12.2. The average molecular weight is 397 g/mol. The van der Waals surface area contributed by atoms with Gasteiger partial charge in [0, 0.05) is 20.6 Å². The number of aliphatic hydroxyl groups excluding tert-OH is 1. The molecular formula is C21H23N3O5. The van der Waals surface area contributed by atoms with Crippen molar-refractivity contribution in [1.29, 1.82) is 0 Å². The Morgan fingerprint density at radius 1 is 1.17 bits per heavy atom. The number of carbonyl (C=O) groups excluding carboxylic acids is 2. The molecule has 1 aliphatic carbocycles. The van der Waals surface area contributed by atoms with Crippen LogP contribution in [0.4, 0.5) is 5.69 Å². The maximum absolute atomic E-state index is 12.2. The summed E-state index contributed by atoms with van der Waals surface area (Å²) in [4.78, 5) is 25.6. The minimum Gasteiger partial charge on any atom is -0.505 e. The van der Waals surface area contributed by atoms with E-state index in [0.29, 0.717) is 12.2 Å². The highest BCUT2D eigenvalue weighted by molar-refractivity contribution is 6.11. The van der Waals surface area contributed by atoms with Gasteiger partial charge in [0.25, 0.3) is 5.91 Å². The molecule has 0 heterocycles. The van der Waals surface area contributed by atoms with Crippen LogP contribution in [0.2, 0.25) is 0 Å². The van der Waals surface area contributed by atoms with E-state index in [1.165, 1.54) is 11.0 Å². The van der Waals surface area contributed by atoms with Gasteiger partial charge in [0.1, 0.15) is 11.4 Å². The predicted molar refractivity (Wildman–Crippen MR) is 108 cm³/mol. The van der Waals surface area contributed by atoms with Crippen molar-refractivity contribution in [2.24, 2.45) is 0 Å². The van der Waals surface area contributed by atoms with Crippen LogP contribution in [0, 0.1) is 0 Å². The van der Waals surface area contributed by atoms with Crippen LogP contribution in [0.25, 0.3) is 0 Å². The summed E-state index contributed by atoms with van der Waals surface area (Å²) in [6, 6.07) is 12.0. The first kappa shape index (κ1) is 20.2. The van der Waals surface area contributed by atoms with E-state index >= 15 is 0 Å². The van der Waals surface area contributed by atoms with Crippen LogP contribution >= 0.6 is 0 Å². The highest BCUT2D eigenvalue weighted by Gasteiger charge is 2.38. The lowest BCUT2D eigenvalue weighted by molar-refractivity contribution is -0.124. The number of nitrogens with zero attached hydrogens (tertiary/aromatic N) is 1. The SMILES string of the molecule is COc1ccc(CNC2=C(Nc3cccc(C(=O)N(C)C)c3O)C(=O)C2O)cc1. The number of rotatable bonds is 7. The molecule has 1 aliphatic rings. The summed E-state index contributed by atoms with van der Waals surface area (Å²) < 4.78 is 5.12. The smallest absolute Gasteiger partial charge is 0.257 e. The van der Waals surface area contributed by atoms with E-state index in [1.54, 1.807) is 33.3 Å². The van der Waals surface area contributed by atoms with Crippen molar-refractivity contribution in [3.8, 4) is 11.5 Å². The van der Waals surface area contributed by atoms with E-state index in [1.807, 2.05) is 24.3 Å².